The number of aromatic nitrogens is 2. The van der Waals surface area contributed by atoms with E-state index in [2.05, 4.69) is 25.9 Å². The van der Waals surface area contributed by atoms with E-state index in [9.17, 15) is 28.8 Å². The molecule has 0 aromatic carbocycles. The highest BCUT2D eigenvalue weighted by atomic mass is 16.2. The molecule has 5 amide bonds. The summed E-state index contributed by atoms with van der Waals surface area (Å²) in [4.78, 5) is 89.3. The van der Waals surface area contributed by atoms with Gasteiger partial charge in [0.15, 0.2) is 0 Å². The van der Waals surface area contributed by atoms with E-state index in [0.717, 1.165) is 0 Å². The highest BCUT2D eigenvalue weighted by molar-refractivity contribution is 6.38. The van der Waals surface area contributed by atoms with Gasteiger partial charge in [-0.2, -0.15) is 0 Å². The molecule has 2 heterocycles. The summed E-state index contributed by atoms with van der Waals surface area (Å²) in [5.41, 5.74) is -0.674. The molecule has 0 radical (unpaired) electrons. The van der Waals surface area contributed by atoms with Gasteiger partial charge in [-0.05, 0) is 37.5 Å². The number of amides is 5. The van der Waals surface area contributed by atoms with Crippen LogP contribution in [0.5, 0.6) is 0 Å². The molecule has 13 nitrogen and oxygen atoms in total. The van der Waals surface area contributed by atoms with E-state index in [1.54, 1.807) is 27.7 Å². The number of nitrogens with zero attached hydrogens (tertiary/aromatic N) is 4. The van der Waals surface area contributed by atoms with Gasteiger partial charge >= 0.3 is 0 Å². The number of carbonyl (C=O) groups is 6. The van der Waals surface area contributed by atoms with Crippen molar-refractivity contribution in [1.29, 1.82) is 0 Å². The normalized spacial score (nSPS) is 16.3. The Morgan fingerprint density at radius 3 is 2.33 bits per heavy atom. The molecule has 1 aliphatic heterocycles. The molecule has 1 saturated heterocycles. The van der Waals surface area contributed by atoms with E-state index >= 15 is 0 Å². The number of hydrogen-bond acceptors (Lipinski definition) is 8. The van der Waals surface area contributed by atoms with Crippen molar-refractivity contribution in [2.24, 2.45) is 11.3 Å². The van der Waals surface area contributed by atoms with E-state index in [1.165, 1.54) is 28.4 Å². The lowest BCUT2D eigenvalue weighted by molar-refractivity contribution is -0.151. The lowest BCUT2D eigenvalue weighted by Gasteiger charge is -2.38. The molecule has 0 aliphatic carbocycles. The summed E-state index contributed by atoms with van der Waals surface area (Å²) in [6.07, 6.45) is 5.91. The Hall–Kier alpha value is -3.90. The molecule has 0 saturated carbocycles. The van der Waals surface area contributed by atoms with E-state index in [-0.39, 0.29) is 24.7 Å². The topological polar surface area (TPSA) is 171 Å². The molecule has 3 unspecified atom stereocenters. The Morgan fingerprint density at radius 1 is 1.07 bits per heavy atom. The van der Waals surface area contributed by atoms with Crippen LogP contribution in [0.25, 0.3) is 0 Å². The SMILES string of the molecule is CCCC(C(=O)C(=O)NCC(C)C)N(CC)C(=O)C1CCCN1C(=O)C(NC(=O)CNC(=O)c1cnccn1)C(C)(C)C. The second-order valence-corrected chi connectivity index (χ2v) is 12.2. The van der Waals surface area contributed by atoms with Gasteiger partial charge in [-0.1, -0.05) is 48.0 Å². The Kier molecular flexibility index (Phi) is 13.2. The second kappa shape index (κ2) is 16.1. The van der Waals surface area contributed by atoms with Crippen molar-refractivity contribution in [3.63, 3.8) is 0 Å². The molecular weight excluding hydrogens is 554 g/mol. The zero-order valence-electron chi connectivity index (χ0n) is 26.4. The second-order valence-electron chi connectivity index (χ2n) is 12.2. The highest BCUT2D eigenvalue weighted by Gasteiger charge is 2.44. The first kappa shape index (κ1) is 35.3. The van der Waals surface area contributed by atoms with Crippen LogP contribution in [0, 0.1) is 11.3 Å². The Balaban J connectivity index is 2.19. The summed E-state index contributed by atoms with van der Waals surface area (Å²) in [5, 5.41) is 7.85. The van der Waals surface area contributed by atoms with Crippen LogP contribution >= 0.6 is 0 Å². The fourth-order valence-electron chi connectivity index (χ4n) is 4.94. The molecule has 238 valence electrons. The fraction of sp³-hybridized carbons (Fsp3) is 0.667. The quantitative estimate of drug-likeness (QED) is 0.266. The summed E-state index contributed by atoms with van der Waals surface area (Å²) >= 11 is 0. The number of nitrogens with one attached hydrogen (secondary N) is 3. The first-order chi connectivity index (χ1) is 20.2. The Labute approximate surface area is 253 Å². The molecule has 43 heavy (non-hydrogen) atoms. The molecule has 2 rings (SSSR count). The van der Waals surface area contributed by atoms with Gasteiger partial charge in [-0.3, -0.25) is 33.8 Å². The van der Waals surface area contributed by atoms with Crippen LogP contribution in [0.4, 0.5) is 0 Å². The van der Waals surface area contributed by atoms with Crippen LogP contribution in [-0.2, 0) is 24.0 Å². The van der Waals surface area contributed by atoms with Crippen molar-refractivity contribution in [1.82, 2.24) is 35.7 Å². The lowest BCUT2D eigenvalue weighted by atomic mass is 9.85. The summed E-state index contributed by atoms with van der Waals surface area (Å²) in [6.45, 7) is 13.3. The van der Waals surface area contributed by atoms with Crippen molar-refractivity contribution < 1.29 is 28.8 Å². The van der Waals surface area contributed by atoms with Gasteiger partial charge in [0.2, 0.25) is 23.5 Å². The predicted molar refractivity (Wildman–Crippen MR) is 159 cm³/mol. The van der Waals surface area contributed by atoms with E-state index in [4.69, 9.17) is 0 Å². The maximum atomic E-state index is 13.9. The average Bonchev–Trinajstić information content (AvgIpc) is 3.46. The van der Waals surface area contributed by atoms with Crippen molar-refractivity contribution >= 4 is 35.3 Å². The maximum absolute atomic E-state index is 13.9. The molecule has 1 aliphatic rings. The number of rotatable bonds is 14. The Bertz CT molecular complexity index is 1150. The summed E-state index contributed by atoms with van der Waals surface area (Å²) in [7, 11) is 0. The van der Waals surface area contributed by atoms with E-state index < -0.39 is 58.9 Å². The third-order valence-electron chi connectivity index (χ3n) is 7.20. The minimum Gasteiger partial charge on any atom is -0.349 e. The largest absolute Gasteiger partial charge is 0.349 e. The van der Waals surface area contributed by atoms with Gasteiger partial charge in [0, 0.05) is 32.0 Å². The minimum atomic E-state index is -0.994. The number of ketones is 1. The molecular formula is C30H47N7O6. The molecule has 3 N–H and O–H groups in total. The van der Waals surface area contributed by atoms with Crippen LogP contribution < -0.4 is 16.0 Å². The first-order valence-electron chi connectivity index (χ1n) is 15.0. The van der Waals surface area contributed by atoms with Crippen molar-refractivity contribution in [3.8, 4) is 0 Å². The van der Waals surface area contributed by atoms with Crippen LogP contribution in [-0.4, -0.2) is 99.4 Å². The third kappa shape index (κ3) is 9.82. The maximum Gasteiger partial charge on any atom is 0.289 e. The smallest absolute Gasteiger partial charge is 0.289 e. The van der Waals surface area contributed by atoms with Crippen LogP contribution in [0.3, 0.4) is 0 Å². The number of likely N-dealkylation sites (tertiary alicyclic amines) is 1. The fourth-order valence-corrected chi connectivity index (χ4v) is 4.94. The summed E-state index contributed by atoms with van der Waals surface area (Å²) in [6, 6.07) is -2.77. The van der Waals surface area contributed by atoms with Crippen molar-refractivity contribution in [2.75, 3.05) is 26.2 Å². The van der Waals surface area contributed by atoms with Crippen molar-refractivity contribution in [3.05, 3.63) is 24.3 Å². The molecule has 3 atom stereocenters. The Morgan fingerprint density at radius 2 is 1.77 bits per heavy atom. The first-order valence-corrected chi connectivity index (χ1v) is 15.0. The monoisotopic (exact) mass is 601 g/mol. The number of carbonyl (C=O) groups excluding carboxylic acids is 6. The zero-order valence-corrected chi connectivity index (χ0v) is 26.4. The number of Topliss-reactive ketones (excluding diaryl/α,β-unsaturated/α-hetero) is 1. The van der Waals surface area contributed by atoms with Gasteiger partial charge in [-0.25, -0.2) is 4.98 Å². The summed E-state index contributed by atoms with van der Waals surface area (Å²) < 4.78 is 0. The van der Waals surface area contributed by atoms with Gasteiger partial charge in [-0.15, -0.1) is 0 Å². The van der Waals surface area contributed by atoms with Gasteiger partial charge in [0.25, 0.3) is 11.8 Å². The van der Waals surface area contributed by atoms with Gasteiger partial charge in [0.1, 0.15) is 23.8 Å². The lowest BCUT2D eigenvalue weighted by Crippen LogP contribution is -2.60. The highest BCUT2D eigenvalue weighted by Crippen LogP contribution is 2.27. The van der Waals surface area contributed by atoms with Crippen LogP contribution in [0.15, 0.2) is 18.6 Å². The molecule has 1 fully saturated rings. The van der Waals surface area contributed by atoms with Crippen molar-refractivity contribution in [2.45, 2.75) is 92.3 Å². The molecule has 13 heteroatoms. The van der Waals surface area contributed by atoms with Gasteiger partial charge in [0.05, 0.1) is 12.7 Å². The molecule has 1 aromatic rings. The number of hydrogen-bond donors (Lipinski definition) is 3. The summed E-state index contributed by atoms with van der Waals surface area (Å²) in [5.74, 6) is -3.22. The average molecular weight is 602 g/mol. The zero-order chi connectivity index (χ0) is 32.3. The molecule has 0 spiro atoms. The molecule has 1 aromatic heterocycles. The number of likely N-dealkylation sites (N-methyl/N-ethyl adjacent to an activating group) is 1. The molecule has 0 bridgehead atoms. The third-order valence-corrected chi connectivity index (χ3v) is 7.20. The van der Waals surface area contributed by atoms with E-state index in [0.29, 0.717) is 38.8 Å². The predicted octanol–water partition coefficient (Wildman–Crippen LogP) is 1.09. The van der Waals surface area contributed by atoms with Crippen LogP contribution in [0.2, 0.25) is 0 Å². The van der Waals surface area contributed by atoms with E-state index in [1.807, 2.05) is 20.8 Å². The van der Waals surface area contributed by atoms with Gasteiger partial charge < -0.3 is 25.8 Å². The standard InChI is InChI=1S/C30H47N7O6/c1-8-11-21(24(39)27(41)33-16-19(3)4)36(9-2)28(42)22-12-10-15-37(22)29(43)25(30(5,6)7)35-23(38)18-34-26(40)20-17-31-13-14-32-20/h13-14,17,19,21-22,25H,8-12,15-16,18H2,1-7H3,(H,33,41)(H,34,40)(H,35,38). The van der Waals surface area contributed by atoms with Crippen LogP contribution in [0.1, 0.15) is 84.6 Å². The minimum absolute atomic E-state index is 0.0508.